The third-order valence-corrected chi connectivity index (χ3v) is 3.38. The van der Waals surface area contributed by atoms with Crippen LogP contribution in [-0.2, 0) is 11.3 Å². The second-order valence-electron chi connectivity index (χ2n) is 4.67. The second kappa shape index (κ2) is 4.13. The minimum absolute atomic E-state index is 0.0282. The molecular weight excluding hydrogens is 232 g/mol. The van der Waals surface area contributed by atoms with Gasteiger partial charge < -0.3 is 20.3 Å². The number of fused-ring (bicyclic) bond motifs is 1. The van der Waals surface area contributed by atoms with E-state index in [4.69, 9.17) is 10.5 Å². The zero-order valence-corrected chi connectivity index (χ0v) is 10.3. The quantitative estimate of drug-likeness (QED) is 0.762. The Labute approximate surface area is 105 Å². The Morgan fingerprint density at radius 3 is 2.83 bits per heavy atom. The number of carbonyl (C=O) groups excluding carboxylic acids is 1. The highest BCUT2D eigenvalue weighted by Crippen LogP contribution is 2.29. The molecule has 1 amide bonds. The molecule has 6 nitrogen and oxygen atoms in total. The van der Waals surface area contributed by atoms with Crippen LogP contribution in [0.4, 0.5) is 11.5 Å². The van der Waals surface area contributed by atoms with E-state index in [0.717, 1.165) is 18.7 Å². The van der Waals surface area contributed by atoms with Crippen molar-refractivity contribution < 1.29 is 9.53 Å². The lowest BCUT2D eigenvalue weighted by Crippen LogP contribution is -2.37. The molecule has 0 radical (unpaired) electrons. The summed E-state index contributed by atoms with van der Waals surface area (Å²) in [5, 5.41) is 0. The lowest BCUT2D eigenvalue weighted by atomic mass is 10.2. The van der Waals surface area contributed by atoms with Crippen LogP contribution < -0.4 is 10.6 Å². The van der Waals surface area contributed by atoms with Gasteiger partial charge in [0, 0.05) is 32.2 Å². The molecule has 1 aromatic heterocycles. The van der Waals surface area contributed by atoms with Crippen LogP contribution >= 0.6 is 0 Å². The van der Waals surface area contributed by atoms with Gasteiger partial charge in [-0.15, -0.1) is 0 Å². The van der Waals surface area contributed by atoms with Crippen molar-refractivity contribution in [2.45, 2.75) is 6.54 Å². The molecule has 0 bridgehead atoms. The SMILES string of the molecule is CN1Cc2cc(N)c(N3CCOCC3)nc2C1=O. The zero-order chi connectivity index (χ0) is 12.7. The first-order valence-corrected chi connectivity index (χ1v) is 6.04. The molecule has 3 rings (SSSR count). The maximum Gasteiger partial charge on any atom is 0.272 e. The summed E-state index contributed by atoms with van der Waals surface area (Å²) in [5.74, 6) is 0.681. The molecule has 0 atom stereocenters. The molecule has 0 saturated carbocycles. The molecule has 1 aromatic rings. The minimum Gasteiger partial charge on any atom is -0.396 e. The van der Waals surface area contributed by atoms with Gasteiger partial charge in [-0.25, -0.2) is 4.98 Å². The van der Waals surface area contributed by atoms with Gasteiger partial charge in [-0.1, -0.05) is 0 Å². The summed E-state index contributed by atoms with van der Waals surface area (Å²) in [4.78, 5) is 20.1. The van der Waals surface area contributed by atoms with E-state index < -0.39 is 0 Å². The van der Waals surface area contributed by atoms with E-state index in [1.54, 1.807) is 11.9 Å². The first-order chi connectivity index (χ1) is 8.66. The van der Waals surface area contributed by atoms with Crippen molar-refractivity contribution in [3.63, 3.8) is 0 Å². The molecule has 96 valence electrons. The minimum atomic E-state index is -0.0282. The average molecular weight is 248 g/mol. The Balaban J connectivity index is 1.99. The third-order valence-electron chi connectivity index (χ3n) is 3.38. The van der Waals surface area contributed by atoms with Crippen LogP contribution in [0.15, 0.2) is 6.07 Å². The highest BCUT2D eigenvalue weighted by molar-refractivity contribution is 5.97. The molecule has 0 aromatic carbocycles. The molecular formula is C12H16N4O2. The van der Waals surface area contributed by atoms with Gasteiger partial charge in [0.05, 0.1) is 18.9 Å². The zero-order valence-electron chi connectivity index (χ0n) is 10.3. The fourth-order valence-corrected chi connectivity index (χ4v) is 2.41. The van der Waals surface area contributed by atoms with Crippen LogP contribution in [0.5, 0.6) is 0 Å². The number of pyridine rings is 1. The van der Waals surface area contributed by atoms with E-state index in [9.17, 15) is 4.79 Å². The fraction of sp³-hybridized carbons (Fsp3) is 0.500. The molecule has 0 unspecified atom stereocenters. The van der Waals surface area contributed by atoms with Crippen molar-refractivity contribution in [3.05, 3.63) is 17.3 Å². The maximum absolute atomic E-state index is 11.9. The monoisotopic (exact) mass is 248 g/mol. The Morgan fingerprint density at radius 2 is 2.11 bits per heavy atom. The standard InChI is InChI=1S/C12H16N4O2/c1-15-7-8-6-9(13)11(14-10(8)12(15)17)16-2-4-18-5-3-16/h6H,2-5,7,13H2,1H3. The molecule has 18 heavy (non-hydrogen) atoms. The van der Waals surface area contributed by atoms with E-state index in [0.29, 0.717) is 37.0 Å². The summed E-state index contributed by atoms with van der Waals surface area (Å²) in [6, 6.07) is 1.87. The van der Waals surface area contributed by atoms with E-state index in [1.165, 1.54) is 0 Å². The predicted molar refractivity (Wildman–Crippen MR) is 67.5 cm³/mol. The van der Waals surface area contributed by atoms with Crippen LogP contribution in [0.2, 0.25) is 0 Å². The van der Waals surface area contributed by atoms with Gasteiger partial charge in [-0.2, -0.15) is 0 Å². The van der Waals surface area contributed by atoms with E-state index >= 15 is 0 Å². The fourth-order valence-electron chi connectivity index (χ4n) is 2.41. The number of nitrogens with two attached hydrogens (primary N) is 1. The van der Waals surface area contributed by atoms with Gasteiger partial charge in [-0.05, 0) is 6.07 Å². The number of hydrogen-bond donors (Lipinski definition) is 1. The Bertz CT molecular complexity index is 497. The average Bonchev–Trinajstić information content (AvgIpc) is 2.65. The molecule has 1 fully saturated rings. The summed E-state index contributed by atoms with van der Waals surface area (Å²) >= 11 is 0. The molecule has 6 heteroatoms. The van der Waals surface area contributed by atoms with Gasteiger partial charge in [0.2, 0.25) is 0 Å². The van der Waals surface area contributed by atoms with Crippen LogP contribution in [0.3, 0.4) is 0 Å². The number of nitrogen functional groups attached to an aromatic ring is 1. The lowest BCUT2D eigenvalue weighted by molar-refractivity contribution is 0.0812. The number of hydrogen-bond acceptors (Lipinski definition) is 5. The molecule has 1 saturated heterocycles. The number of rotatable bonds is 1. The van der Waals surface area contributed by atoms with Crippen molar-refractivity contribution in [1.29, 1.82) is 0 Å². The van der Waals surface area contributed by atoms with Crippen molar-refractivity contribution in [2.75, 3.05) is 44.0 Å². The van der Waals surface area contributed by atoms with E-state index in [-0.39, 0.29) is 5.91 Å². The second-order valence-corrected chi connectivity index (χ2v) is 4.67. The Hall–Kier alpha value is -1.82. The molecule has 2 aliphatic heterocycles. The number of ether oxygens (including phenoxy) is 1. The summed E-state index contributed by atoms with van der Waals surface area (Å²) in [6.45, 7) is 3.47. The molecule has 3 heterocycles. The molecule has 0 spiro atoms. The lowest BCUT2D eigenvalue weighted by Gasteiger charge is -2.28. The van der Waals surface area contributed by atoms with Crippen molar-refractivity contribution in [2.24, 2.45) is 0 Å². The topological polar surface area (TPSA) is 71.7 Å². The number of carbonyl (C=O) groups is 1. The van der Waals surface area contributed by atoms with Crippen LogP contribution in [-0.4, -0.2) is 49.1 Å². The predicted octanol–water partition coefficient (Wildman–Crippen LogP) is 0.0860. The largest absolute Gasteiger partial charge is 0.396 e. The number of amides is 1. The maximum atomic E-state index is 11.9. The number of aromatic nitrogens is 1. The molecule has 0 aliphatic carbocycles. The number of nitrogens with zero attached hydrogens (tertiary/aromatic N) is 3. The van der Waals surface area contributed by atoms with Crippen molar-refractivity contribution >= 4 is 17.4 Å². The molecule has 2 aliphatic rings. The highest BCUT2D eigenvalue weighted by Gasteiger charge is 2.28. The van der Waals surface area contributed by atoms with Gasteiger partial charge >= 0.3 is 0 Å². The summed E-state index contributed by atoms with van der Waals surface area (Å²) in [7, 11) is 1.77. The third kappa shape index (κ3) is 1.69. The van der Waals surface area contributed by atoms with Crippen LogP contribution in [0.1, 0.15) is 16.1 Å². The highest BCUT2D eigenvalue weighted by atomic mass is 16.5. The van der Waals surface area contributed by atoms with Gasteiger partial charge in [0.25, 0.3) is 5.91 Å². The van der Waals surface area contributed by atoms with E-state index in [2.05, 4.69) is 9.88 Å². The van der Waals surface area contributed by atoms with E-state index in [1.807, 2.05) is 6.07 Å². The van der Waals surface area contributed by atoms with Gasteiger partial charge in [0.1, 0.15) is 5.69 Å². The smallest absolute Gasteiger partial charge is 0.272 e. The first-order valence-electron chi connectivity index (χ1n) is 6.04. The van der Waals surface area contributed by atoms with Crippen molar-refractivity contribution in [1.82, 2.24) is 9.88 Å². The van der Waals surface area contributed by atoms with Crippen LogP contribution in [0.25, 0.3) is 0 Å². The normalized spacial score (nSPS) is 19.3. The summed E-state index contributed by atoms with van der Waals surface area (Å²) in [6.07, 6.45) is 0. The molecule has 2 N–H and O–H groups in total. The summed E-state index contributed by atoms with van der Waals surface area (Å²) < 4.78 is 5.31. The van der Waals surface area contributed by atoms with Gasteiger partial charge in [-0.3, -0.25) is 4.79 Å². The Kier molecular flexibility index (Phi) is 2.59. The van der Waals surface area contributed by atoms with Crippen LogP contribution in [0, 0.1) is 0 Å². The van der Waals surface area contributed by atoms with Gasteiger partial charge in [0.15, 0.2) is 5.82 Å². The Morgan fingerprint density at radius 1 is 1.39 bits per heavy atom. The number of morpholine rings is 1. The van der Waals surface area contributed by atoms with Crippen molar-refractivity contribution in [3.8, 4) is 0 Å². The number of anilines is 2. The summed E-state index contributed by atoms with van der Waals surface area (Å²) in [5.41, 5.74) is 8.13. The first kappa shape index (κ1) is 11.3.